The van der Waals surface area contributed by atoms with Crippen LogP contribution >= 0.6 is 0 Å². The number of rotatable bonds is 6. The van der Waals surface area contributed by atoms with Crippen molar-refractivity contribution in [2.45, 2.75) is 32.7 Å². The van der Waals surface area contributed by atoms with Crippen molar-refractivity contribution >= 4 is 0 Å². The van der Waals surface area contributed by atoms with Gasteiger partial charge in [-0.15, -0.1) is 0 Å². The van der Waals surface area contributed by atoms with E-state index in [0.29, 0.717) is 6.04 Å². The molecule has 0 saturated heterocycles. The molecule has 1 aliphatic carbocycles. The highest BCUT2D eigenvalue weighted by Crippen LogP contribution is 2.27. The van der Waals surface area contributed by atoms with Gasteiger partial charge in [-0.25, -0.2) is 0 Å². The predicted molar refractivity (Wildman–Crippen MR) is 48.7 cm³/mol. The van der Waals surface area contributed by atoms with Crippen LogP contribution in [0.1, 0.15) is 26.7 Å². The van der Waals surface area contributed by atoms with Crippen molar-refractivity contribution < 1.29 is 0 Å². The molecule has 66 valence electrons. The Labute approximate surface area is 69.8 Å². The molecule has 0 atom stereocenters. The normalized spacial score (nSPS) is 17.7. The van der Waals surface area contributed by atoms with Gasteiger partial charge in [0.25, 0.3) is 0 Å². The molecule has 1 fully saturated rings. The Balaban J connectivity index is 1.73. The van der Waals surface area contributed by atoms with Crippen molar-refractivity contribution in [2.24, 2.45) is 5.92 Å². The van der Waals surface area contributed by atoms with Gasteiger partial charge in [-0.1, -0.05) is 13.8 Å². The summed E-state index contributed by atoms with van der Waals surface area (Å²) in [7, 11) is 0. The Hall–Kier alpha value is -0.0800. The lowest BCUT2D eigenvalue weighted by atomic mass is 10.4. The molecule has 0 heterocycles. The molecule has 1 aliphatic rings. The molecule has 0 aromatic carbocycles. The van der Waals surface area contributed by atoms with E-state index in [1.807, 2.05) is 0 Å². The summed E-state index contributed by atoms with van der Waals surface area (Å²) in [6.45, 7) is 7.82. The molecule has 1 rings (SSSR count). The van der Waals surface area contributed by atoms with E-state index in [-0.39, 0.29) is 0 Å². The highest BCUT2D eigenvalue weighted by Gasteiger charge is 2.19. The summed E-state index contributed by atoms with van der Waals surface area (Å²) in [4.78, 5) is 0. The van der Waals surface area contributed by atoms with Crippen molar-refractivity contribution in [1.82, 2.24) is 10.6 Å². The fourth-order valence-corrected chi connectivity index (χ4v) is 1.08. The van der Waals surface area contributed by atoms with E-state index >= 15 is 0 Å². The highest BCUT2D eigenvalue weighted by molar-refractivity contribution is 4.75. The molecule has 0 aliphatic heterocycles. The number of hydrogen-bond acceptors (Lipinski definition) is 2. The lowest BCUT2D eigenvalue weighted by Gasteiger charge is -2.08. The molecule has 0 spiro atoms. The minimum Gasteiger partial charge on any atom is -0.315 e. The van der Waals surface area contributed by atoms with Gasteiger partial charge in [0, 0.05) is 19.1 Å². The third-order valence-corrected chi connectivity index (χ3v) is 1.98. The maximum Gasteiger partial charge on any atom is 0.00790 e. The average Bonchev–Trinajstić information content (AvgIpc) is 2.70. The molecule has 0 bridgehead atoms. The second-order valence-corrected chi connectivity index (χ2v) is 3.76. The lowest BCUT2D eigenvalue weighted by molar-refractivity contribution is 0.546. The average molecular weight is 156 g/mol. The van der Waals surface area contributed by atoms with Crippen LogP contribution in [0.3, 0.4) is 0 Å². The first-order chi connectivity index (χ1) is 5.29. The summed E-state index contributed by atoms with van der Waals surface area (Å²) in [6, 6.07) is 0.623. The highest BCUT2D eigenvalue weighted by atomic mass is 15.0. The second-order valence-electron chi connectivity index (χ2n) is 3.76. The summed E-state index contributed by atoms with van der Waals surface area (Å²) < 4.78 is 0. The summed E-state index contributed by atoms with van der Waals surface area (Å²) in [6.07, 6.45) is 2.90. The van der Waals surface area contributed by atoms with Crippen molar-refractivity contribution in [3.63, 3.8) is 0 Å². The van der Waals surface area contributed by atoms with Gasteiger partial charge in [0.05, 0.1) is 0 Å². The molecule has 1 saturated carbocycles. The summed E-state index contributed by atoms with van der Waals surface area (Å²) >= 11 is 0. The molecule has 2 N–H and O–H groups in total. The zero-order valence-corrected chi connectivity index (χ0v) is 7.69. The summed E-state index contributed by atoms with van der Waals surface area (Å²) in [5, 5.41) is 6.82. The lowest BCUT2D eigenvalue weighted by Crippen LogP contribution is -2.32. The van der Waals surface area contributed by atoms with E-state index in [4.69, 9.17) is 0 Å². The van der Waals surface area contributed by atoms with E-state index in [0.717, 1.165) is 19.0 Å². The van der Waals surface area contributed by atoms with E-state index in [2.05, 4.69) is 24.5 Å². The maximum absolute atomic E-state index is 3.44. The number of hydrogen-bond donors (Lipinski definition) is 2. The van der Waals surface area contributed by atoms with Crippen LogP contribution in [0.5, 0.6) is 0 Å². The quantitative estimate of drug-likeness (QED) is 0.560. The van der Waals surface area contributed by atoms with E-state index in [1.54, 1.807) is 0 Å². The van der Waals surface area contributed by atoms with E-state index in [9.17, 15) is 0 Å². The monoisotopic (exact) mass is 156 g/mol. The largest absolute Gasteiger partial charge is 0.315 e. The SMILES string of the molecule is CC(C)NCCNCC1CC1. The molecule has 0 unspecified atom stereocenters. The first-order valence-corrected chi connectivity index (χ1v) is 4.73. The molecule has 0 aromatic rings. The van der Waals surface area contributed by atoms with Crippen LogP contribution < -0.4 is 10.6 Å². The van der Waals surface area contributed by atoms with Gasteiger partial charge in [-0.2, -0.15) is 0 Å². The molecule has 2 nitrogen and oxygen atoms in total. The van der Waals surface area contributed by atoms with Gasteiger partial charge in [0.15, 0.2) is 0 Å². The molecular weight excluding hydrogens is 136 g/mol. The minimum atomic E-state index is 0.623. The Morgan fingerprint density at radius 2 is 2.00 bits per heavy atom. The fourth-order valence-electron chi connectivity index (χ4n) is 1.08. The molecule has 2 heteroatoms. The van der Waals surface area contributed by atoms with Crippen LogP contribution in [-0.2, 0) is 0 Å². The molecule has 0 aromatic heterocycles. The smallest absolute Gasteiger partial charge is 0.00790 e. The van der Waals surface area contributed by atoms with Crippen LogP contribution in [0.25, 0.3) is 0 Å². The van der Waals surface area contributed by atoms with Gasteiger partial charge in [0.2, 0.25) is 0 Å². The van der Waals surface area contributed by atoms with E-state index in [1.165, 1.54) is 19.4 Å². The van der Waals surface area contributed by atoms with Gasteiger partial charge in [0.1, 0.15) is 0 Å². The van der Waals surface area contributed by atoms with Crippen LogP contribution in [0.4, 0.5) is 0 Å². The van der Waals surface area contributed by atoms with Crippen LogP contribution in [0.15, 0.2) is 0 Å². The molecular formula is C9H20N2. The Kier molecular flexibility index (Phi) is 3.87. The van der Waals surface area contributed by atoms with E-state index < -0.39 is 0 Å². The van der Waals surface area contributed by atoms with Gasteiger partial charge < -0.3 is 10.6 Å². The third-order valence-electron chi connectivity index (χ3n) is 1.98. The first kappa shape index (κ1) is 9.01. The topological polar surface area (TPSA) is 24.1 Å². The number of nitrogens with one attached hydrogen (secondary N) is 2. The standard InChI is InChI=1S/C9H20N2/c1-8(2)11-6-5-10-7-9-3-4-9/h8-11H,3-7H2,1-2H3. The predicted octanol–water partition coefficient (Wildman–Crippen LogP) is 0.984. The van der Waals surface area contributed by atoms with Gasteiger partial charge in [-0.3, -0.25) is 0 Å². The Morgan fingerprint density at radius 1 is 1.27 bits per heavy atom. The van der Waals surface area contributed by atoms with Crippen molar-refractivity contribution in [2.75, 3.05) is 19.6 Å². The maximum atomic E-state index is 3.44. The van der Waals surface area contributed by atoms with Gasteiger partial charge >= 0.3 is 0 Å². The molecule has 0 radical (unpaired) electrons. The van der Waals surface area contributed by atoms with Crippen molar-refractivity contribution in [3.8, 4) is 0 Å². The van der Waals surface area contributed by atoms with Gasteiger partial charge in [-0.05, 0) is 25.3 Å². The molecule has 11 heavy (non-hydrogen) atoms. The Bertz CT molecular complexity index is 93.7. The van der Waals surface area contributed by atoms with Crippen LogP contribution in [0.2, 0.25) is 0 Å². The van der Waals surface area contributed by atoms with Crippen molar-refractivity contribution in [3.05, 3.63) is 0 Å². The van der Waals surface area contributed by atoms with Crippen molar-refractivity contribution in [1.29, 1.82) is 0 Å². The van der Waals surface area contributed by atoms with Crippen LogP contribution in [0, 0.1) is 5.92 Å². The van der Waals surface area contributed by atoms with Crippen LogP contribution in [-0.4, -0.2) is 25.7 Å². The molecule has 0 amide bonds. The zero-order chi connectivity index (χ0) is 8.10. The third kappa shape index (κ3) is 5.22. The fraction of sp³-hybridized carbons (Fsp3) is 1.00. The Morgan fingerprint density at radius 3 is 2.55 bits per heavy atom. The second kappa shape index (κ2) is 4.73. The first-order valence-electron chi connectivity index (χ1n) is 4.73. The summed E-state index contributed by atoms with van der Waals surface area (Å²) in [5.74, 6) is 1.01. The minimum absolute atomic E-state index is 0.623. The summed E-state index contributed by atoms with van der Waals surface area (Å²) in [5.41, 5.74) is 0. The zero-order valence-electron chi connectivity index (χ0n) is 7.69.